The van der Waals surface area contributed by atoms with Crippen LogP contribution in [-0.2, 0) is 35.2 Å². The Morgan fingerprint density at radius 2 is 1.34 bits per heavy atom. The first-order valence-electron chi connectivity index (χ1n) is 27.6. The molecule has 0 unspecified atom stereocenters. The second kappa shape index (κ2) is 28.5. The van der Waals surface area contributed by atoms with Crippen LogP contribution in [0.2, 0.25) is 0 Å². The Hall–Kier alpha value is -8.40. The van der Waals surface area contributed by atoms with Crippen molar-refractivity contribution in [1.82, 2.24) is 40.0 Å². The third-order valence-corrected chi connectivity index (χ3v) is 17.4. The van der Waals surface area contributed by atoms with Crippen molar-refractivity contribution in [3.63, 3.8) is 0 Å². The lowest BCUT2D eigenvalue weighted by molar-refractivity contribution is -0.141. The van der Waals surface area contributed by atoms with Crippen LogP contribution in [0.15, 0.2) is 121 Å². The molecule has 2 saturated heterocycles. The molecular weight excluding hydrogens is 1110 g/mol. The Bertz CT molecular complexity index is 3520. The van der Waals surface area contributed by atoms with Crippen molar-refractivity contribution in [2.45, 2.75) is 95.8 Å². The first-order chi connectivity index (χ1) is 40.4. The Kier molecular flexibility index (Phi) is 20.4. The molecule has 4 amide bonds. The smallest absolute Gasteiger partial charge is 0.250 e. The second-order valence-electron chi connectivity index (χ2n) is 20.1. The van der Waals surface area contributed by atoms with Gasteiger partial charge in [0.1, 0.15) is 53.2 Å². The maximum absolute atomic E-state index is 14.6. The van der Waals surface area contributed by atoms with Gasteiger partial charge in [-0.05, 0) is 117 Å². The fourth-order valence-corrected chi connectivity index (χ4v) is 12.2. The van der Waals surface area contributed by atoms with Gasteiger partial charge in [-0.2, -0.15) is 0 Å². The standard InChI is InChI=1S/C63H63N9O8S3/c1-5-40(2)57(75)66-56(63(78)71-33-16-22-49(71)52(74)39-53-54(69-70-83-53)43-18-10-8-11-19-43)45-26-30-47(31-27-45)80-36-15-7-6-14-35-79-46-28-24-42(25-29-46)48(38-51(73)41(3)64-4)62(77)72-34-17-23-50(72)58(76)68-59-55(44-20-12-9-13-21-44)67-61(82-59)60-65-32-37-81-60/h8-13,18-21,24-32,37,40-41,48-50,56,64H,5,16-17,22-23,33-36,38-39H2,1-4H3,(H,66,75)(H,68,76)/t40-,41+,48+,49+,50+,56+/m1/s1. The minimum atomic E-state index is -1.02. The van der Waals surface area contributed by atoms with Crippen molar-refractivity contribution >= 4 is 74.4 Å². The van der Waals surface area contributed by atoms with Gasteiger partial charge in [-0.25, -0.2) is 9.97 Å². The summed E-state index contributed by atoms with van der Waals surface area (Å²) in [7, 11) is 1.70. The molecule has 3 aromatic heterocycles. The number of nitrogens with zero attached hydrogens (tertiary/aromatic N) is 6. The van der Waals surface area contributed by atoms with Gasteiger partial charge in [-0.3, -0.25) is 28.8 Å². The number of aromatic nitrogens is 4. The summed E-state index contributed by atoms with van der Waals surface area (Å²) in [5.41, 5.74) is 4.16. The molecule has 9 rings (SSSR count). The molecule has 0 aliphatic carbocycles. The van der Waals surface area contributed by atoms with Gasteiger partial charge < -0.3 is 35.2 Å². The summed E-state index contributed by atoms with van der Waals surface area (Å²) in [6.45, 7) is 6.28. The lowest BCUT2D eigenvalue weighted by atomic mass is 9.90. The highest BCUT2D eigenvalue weighted by molar-refractivity contribution is 7.23. The number of hydrogen-bond acceptors (Lipinski definition) is 16. The zero-order valence-corrected chi connectivity index (χ0v) is 48.9. The topological polar surface area (TPSA) is 215 Å². The second-order valence-corrected chi connectivity index (χ2v) is 22.9. The van der Waals surface area contributed by atoms with Crippen molar-refractivity contribution in [3.05, 3.63) is 137 Å². The summed E-state index contributed by atoms with van der Waals surface area (Å²) in [6.07, 6.45) is 4.59. The van der Waals surface area contributed by atoms with Crippen LogP contribution in [0.5, 0.6) is 11.5 Å². The summed E-state index contributed by atoms with van der Waals surface area (Å²) in [5.74, 6) is 9.63. The molecule has 3 N–H and O–H groups in total. The van der Waals surface area contributed by atoms with Crippen LogP contribution in [0.3, 0.4) is 0 Å². The summed E-state index contributed by atoms with van der Waals surface area (Å²) in [6, 6.07) is 30.1. The fourth-order valence-electron chi connectivity index (χ4n) is 9.86. The molecule has 17 nitrogen and oxygen atoms in total. The SMILES string of the molecule is CC[C@@H](C)C(=O)N[C@H](C(=O)N1CCC[C@H]1C(=O)Cc1snnc1-c1ccccc1)c1ccc(OCC#CC#CCOc2ccc([C@H](CC(=O)[C@H](C)NC)C(=O)N3CCC[C@H]3C(=O)Nc3sc(-c4nccs4)nc3-c3ccccc3)cc2)cc1. The largest absolute Gasteiger partial charge is 0.481 e. The first-order valence-corrected chi connectivity index (χ1v) is 30.1. The maximum atomic E-state index is 14.6. The van der Waals surface area contributed by atoms with Crippen LogP contribution in [0.4, 0.5) is 5.00 Å². The molecule has 2 fully saturated rings. The highest BCUT2D eigenvalue weighted by atomic mass is 32.1. The average molecular weight is 1170 g/mol. The minimum absolute atomic E-state index is 0.0245. The van der Waals surface area contributed by atoms with Gasteiger partial charge in [0.05, 0.1) is 22.9 Å². The van der Waals surface area contributed by atoms with E-state index in [0.717, 1.165) is 21.0 Å². The quantitative estimate of drug-likeness (QED) is 0.0510. The van der Waals surface area contributed by atoms with E-state index in [0.29, 0.717) is 89.2 Å². The number of likely N-dealkylation sites (tertiary alicyclic amines) is 2. The van der Waals surface area contributed by atoms with E-state index in [1.54, 1.807) is 78.5 Å². The molecule has 7 aromatic rings. The molecule has 0 spiro atoms. The van der Waals surface area contributed by atoms with Crippen molar-refractivity contribution in [2.75, 3.05) is 38.7 Å². The molecular formula is C63H63N9O8S3. The van der Waals surface area contributed by atoms with Crippen LogP contribution in [0, 0.1) is 29.6 Å². The lowest BCUT2D eigenvalue weighted by Gasteiger charge is -2.29. The third kappa shape index (κ3) is 14.8. The molecule has 0 radical (unpaired) electrons. The van der Waals surface area contributed by atoms with Gasteiger partial charge in [0.15, 0.2) is 21.6 Å². The molecule has 0 bridgehead atoms. The molecule has 83 heavy (non-hydrogen) atoms. The molecule has 2 aliphatic rings. The maximum Gasteiger partial charge on any atom is 0.250 e. The summed E-state index contributed by atoms with van der Waals surface area (Å²) in [5, 5.41) is 17.2. The minimum Gasteiger partial charge on any atom is -0.481 e. The summed E-state index contributed by atoms with van der Waals surface area (Å²) in [4.78, 5) is 97.0. The van der Waals surface area contributed by atoms with E-state index < -0.39 is 30.1 Å². The van der Waals surface area contributed by atoms with E-state index in [2.05, 4.69) is 54.2 Å². The zero-order chi connectivity index (χ0) is 58.2. The van der Waals surface area contributed by atoms with Crippen LogP contribution >= 0.6 is 34.2 Å². The monoisotopic (exact) mass is 1170 g/mol. The lowest BCUT2D eigenvalue weighted by Crippen LogP contribution is -2.48. The van der Waals surface area contributed by atoms with Crippen LogP contribution in [-0.4, -0.2) is 116 Å². The number of benzene rings is 4. The number of hydrogen-bond donors (Lipinski definition) is 3. The number of carbonyl (C=O) groups is 6. The van der Waals surface area contributed by atoms with Crippen molar-refractivity contribution < 1.29 is 38.2 Å². The van der Waals surface area contributed by atoms with Gasteiger partial charge in [0.2, 0.25) is 23.6 Å². The van der Waals surface area contributed by atoms with Crippen molar-refractivity contribution in [3.8, 4) is 67.7 Å². The molecule has 5 heterocycles. The molecule has 6 atom stereocenters. The zero-order valence-electron chi connectivity index (χ0n) is 46.5. The van der Waals surface area contributed by atoms with Gasteiger partial charge >= 0.3 is 0 Å². The highest BCUT2D eigenvalue weighted by Gasteiger charge is 2.41. The van der Waals surface area contributed by atoms with Gasteiger partial charge in [0.25, 0.3) is 0 Å². The Labute approximate surface area is 494 Å². The highest BCUT2D eigenvalue weighted by Crippen LogP contribution is 2.40. The van der Waals surface area contributed by atoms with E-state index in [1.807, 2.05) is 79.9 Å². The molecule has 0 saturated carbocycles. The van der Waals surface area contributed by atoms with Crippen molar-refractivity contribution in [2.24, 2.45) is 5.92 Å². The number of thiazole rings is 2. The van der Waals surface area contributed by atoms with Gasteiger partial charge in [-0.15, -0.1) is 16.4 Å². The number of rotatable bonds is 23. The summed E-state index contributed by atoms with van der Waals surface area (Å²) >= 11 is 3.98. The average Bonchev–Trinajstić information content (AvgIpc) is 4.45. The first kappa shape index (κ1) is 59.2. The number of ketones is 2. The van der Waals surface area contributed by atoms with E-state index in [1.165, 1.54) is 34.2 Å². The number of carbonyl (C=O) groups excluding carboxylic acids is 6. The van der Waals surface area contributed by atoms with Crippen LogP contribution in [0.25, 0.3) is 32.5 Å². The number of Topliss-reactive ketones (excluding diaryl/α,β-unsaturated/α-hetero) is 2. The predicted octanol–water partition coefficient (Wildman–Crippen LogP) is 9.20. The normalized spacial score (nSPS) is 16.0. The Morgan fingerprint density at radius 1 is 0.735 bits per heavy atom. The molecule has 426 valence electrons. The molecule has 2 aliphatic heterocycles. The van der Waals surface area contributed by atoms with E-state index in [9.17, 15) is 28.8 Å². The summed E-state index contributed by atoms with van der Waals surface area (Å²) < 4.78 is 15.9. The van der Waals surface area contributed by atoms with Crippen LogP contribution in [0.1, 0.15) is 87.3 Å². The number of anilines is 1. The Morgan fingerprint density at radius 3 is 1.94 bits per heavy atom. The van der Waals surface area contributed by atoms with E-state index in [-0.39, 0.29) is 67.2 Å². The number of likely N-dealkylation sites (N-methyl/N-ethyl adjacent to an activating group) is 1. The number of amides is 4. The molecule has 20 heteroatoms. The molecule has 4 aromatic carbocycles. The van der Waals surface area contributed by atoms with E-state index >= 15 is 0 Å². The van der Waals surface area contributed by atoms with E-state index in [4.69, 9.17) is 14.5 Å². The van der Waals surface area contributed by atoms with Gasteiger partial charge in [-0.1, -0.05) is 115 Å². The van der Waals surface area contributed by atoms with Gasteiger partial charge in [0, 0.05) is 54.6 Å². The fraction of sp³-hybridized carbons (Fsp3) is 0.333. The number of ether oxygens (including phenoxy) is 2. The van der Waals surface area contributed by atoms with Crippen molar-refractivity contribution in [1.29, 1.82) is 0 Å². The van der Waals surface area contributed by atoms with Crippen LogP contribution < -0.4 is 25.4 Å². The third-order valence-electron chi connectivity index (χ3n) is 14.8. The number of nitrogens with one attached hydrogen (secondary N) is 3. The predicted molar refractivity (Wildman–Crippen MR) is 321 cm³/mol. The Balaban J connectivity index is 0.790.